The molecule has 0 radical (unpaired) electrons. The van der Waals surface area contributed by atoms with Gasteiger partial charge in [0.1, 0.15) is 11.6 Å². The molecule has 1 nitrogen and oxygen atoms in total. The number of halogens is 2. The lowest BCUT2D eigenvalue weighted by Crippen LogP contribution is -2.14. The monoisotopic (exact) mass is 213 g/mol. The van der Waals surface area contributed by atoms with Crippen LogP contribution in [0.1, 0.15) is 43.7 Å². The van der Waals surface area contributed by atoms with Crippen LogP contribution in [0.5, 0.6) is 0 Å². The maximum Gasteiger partial charge on any atom is 0.133 e. The average Bonchev–Trinajstić information content (AvgIpc) is 2.16. The second-order valence-electron chi connectivity index (χ2n) is 4.16. The molecule has 1 rings (SSSR count). The summed E-state index contributed by atoms with van der Waals surface area (Å²) in [6, 6.07) is 2.82. The van der Waals surface area contributed by atoms with Gasteiger partial charge in [0.05, 0.1) is 0 Å². The molecule has 2 N–H and O–H groups in total. The summed E-state index contributed by atoms with van der Waals surface area (Å²) in [5.74, 6) is -1.18. The van der Waals surface area contributed by atoms with Gasteiger partial charge < -0.3 is 5.73 Å². The fraction of sp³-hybridized carbons (Fsp3) is 0.500. The molecule has 0 aliphatic carbocycles. The lowest BCUT2D eigenvalue weighted by atomic mass is 9.93. The van der Waals surface area contributed by atoms with Gasteiger partial charge in [-0.3, -0.25) is 0 Å². The van der Waals surface area contributed by atoms with Crippen molar-refractivity contribution >= 4 is 0 Å². The summed E-state index contributed by atoms with van der Waals surface area (Å²) in [7, 11) is 0. The topological polar surface area (TPSA) is 26.0 Å². The quantitative estimate of drug-likeness (QED) is 0.820. The zero-order chi connectivity index (χ0) is 11.6. The van der Waals surface area contributed by atoms with Crippen LogP contribution >= 0.6 is 0 Å². The van der Waals surface area contributed by atoms with Crippen molar-refractivity contribution in [1.29, 1.82) is 0 Å². The number of benzene rings is 1. The maximum absolute atomic E-state index is 13.9. The van der Waals surface area contributed by atoms with E-state index in [0.717, 1.165) is 0 Å². The zero-order valence-electron chi connectivity index (χ0n) is 9.35. The Morgan fingerprint density at radius 3 is 2.27 bits per heavy atom. The summed E-state index contributed by atoms with van der Waals surface area (Å²) in [6.07, 6.45) is 0. The van der Waals surface area contributed by atoms with E-state index >= 15 is 0 Å². The van der Waals surface area contributed by atoms with Crippen molar-refractivity contribution in [2.24, 2.45) is 5.73 Å². The van der Waals surface area contributed by atoms with Gasteiger partial charge in [0.2, 0.25) is 0 Å². The normalized spacial score (nSPS) is 13.3. The van der Waals surface area contributed by atoms with Gasteiger partial charge in [-0.25, -0.2) is 8.78 Å². The first kappa shape index (κ1) is 12.1. The van der Waals surface area contributed by atoms with Crippen molar-refractivity contribution in [2.45, 2.75) is 32.6 Å². The van der Waals surface area contributed by atoms with Crippen LogP contribution in [0, 0.1) is 11.6 Å². The Bertz CT molecular complexity index is 348. The third-order valence-electron chi connectivity index (χ3n) is 2.62. The van der Waals surface area contributed by atoms with Crippen LogP contribution in [-0.4, -0.2) is 6.54 Å². The Kier molecular flexibility index (Phi) is 3.80. The van der Waals surface area contributed by atoms with E-state index in [4.69, 9.17) is 5.73 Å². The fourth-order valence-electron chi connectivity index (χ4n) is 1.60. The summed E-state index contributed by atoms with van der Waals surface area (Å²) < 4.78 is 27.4. The molecule has 84 valence electrons. The minimum atomic E-state index is -0.505. The lowest BCUT2D eigenvalue weighted by Gasteiger charge is -2.15. The van der Waals surface area contributed by atoms with Crippen molar-refractivity contribution < 1.29 is 8.78 Å². The van der Waals surface area contributed by atoms with Gasteiger partial charge in [0.15, 0.2) is 0 Å². The second kappa shape index (κ2) is 4.71. The predicted octanol–water partition coefficient (Wildman–Crippen LogP) is 3.15. The molecule has 1 aromatic rings. The van der Waals surface area contributed by atoms with Crippen molar-refractivity contribution in [1.82, 2.24) is 0 Å². The van der Waals surface area contributed by atoms with Crippen LogP contribution in [0.3, 0.4) is 0 Å². The molecule has 3 heteroatoms. The van der Waals surface area contributed by atoms with Crippen molar-refractivity contribution in [3.05, 3.63) is 34.9 Å². The minimum Gasteiger partial charge on any atom is -0.330 e. The van der Waals surface area contributed by atoms with Crippen LogP contribution in [0.2, 0.25) is 0 Å². The standard InChI is InChI=1S/C12H17F2N/c1-7(2)9-4-5-10(13)11(12(9)14)8(3)6-15/h4-5,7-8H,6,15H2,1-3H3. The highest BCUT2D eigenvalue weighted by atomic mass is 19.1. The highest BCUT2D eigenvalue weighted by Crippen LogP contribution is 2.28. The van der Waals surface area contributed by atoms with Gasteiger partial charge in [-0.1, -0.05) is 26.8 Å². The van der Waals surface area contributed by atoms with E-state index in [1.807, 2.05) is 13.8 Å². The number of nitrogens with two attached hydrogens (primary N) is 1. The largest absolute Gasteiger partial charge is 0.330 e. The van der Waals surface area contributed by atoms with Crippen LogP contribution in [-0.2, 0) is 0 Å². The van der Waals surface area contributed by atoms with Crippen LogP contribution in [0.4, 0.5) is 8.78 Å². The van der Waals surface area contributed by atoms with Crippen molar-refractivity contribution in [2.75, 3.05) is 6.54 Å². The van der Waals surface area contributed by atoms with Gasteiger partial charge in [-0.05, 0) is 30.0 Å². The van der Waals surface area contributed by atoms with Gasteiger partial charge in [-0.15, -0.1) is 0 Å². The first-order chi connectivity index (χ1) is 6.99. The molecule has 1 atom stereocenters. The zero-order valence-corrected chi connectivity index (χ0v) is 9.35. The Morgan fingerprint density at radius 1 is 1.20 bits per heavy atom. The number of hydrogen-bond acceptors (Lipinski definition) is 1. The van der Waals surface area contributed by atoms with Crippen molar-refractivity contribution in [3.8, 4) is 0 Å². The Morgan fingerprint density at radius 2 is 1.80 bits per heavy atom. The highest BCUT2D eigenvalue weighted by Gasteiger charge is 2.19. The molecule has 0 saturated heterocycles. The Hall–Kier alpha value is -0.960. The molecule has 0 saturated carbocycles. The predicted molar refractivity (Wildman–Crippen MR) is 57.9 cm³/mol. The van der Waals surface area contributed by atoms with E-state index in [2.05, 4.69) is 0 Å². The van der Waals surface area contributed by atoms with Crippen LogP contribution in [0.15, 0.2) is 12.1 Å². The summed E-state index contributed by atoms with van der Waals surface area (Å²) in [5, 5.41) is 0. The first-order valence-corrected chi connectivity index (χ1v) is 5.16. The first-order valence-electron chi connectivity index (χ1n) is 5.16. The van der Waals surface area contributed by atoms with Gasteiger partial charge in [-0.2, -0.15) is 0 Å². The number of hydrogen-bond donors (Lipinski definition) is 1. The van der Waals surface area contributed by atoms with Gasteiger partial charge in [0, 0.05) is 5.56 Å². The van der Waals surface area contributed by atoms with E-state index in [0.29, 0.717) is 5.56 Å². The maximum atomic E-state index is 13.9. The summed E-state index contributed by atoms with van der Waals surface area (Å²) >= 11 is 0. The fourth-order valence-corrected chi connectivity index (χ4v) is 1.60. The molecule has 0 fully saturated rings. The summed E-state index contributed by atoms with van der Waals surface area (Å²) in [6.45, 7) is 5.74. The smallest absolute Gasteiger partial charge is 0.133 e. The SMILES string of the molecule is CC(C)c1ccc(F)c(C(C)CN)c1F. The van der Waals surface area contributed by atoms with E-state index in [9.17, 15) is 8.78 Å². The van der Waals surface area contributed by atoms with Crippen LogP contribution < -0.4 is 5.73 Å². The molecular formula is C12H17F2N. The summed E-state index contributed by atoms with van der Waals surface area (Å²) in [5.41, 5.74) is 6.10. The lowest BCUT2D eigenvalue weighted by molar-refractivity contribution is 0.520. The molecule has 1 unspecified atom stereocenters. The van der Waals surface area contributed by atoms with Gasteiger partial charge >= 0.3 is 0 Å². The molecule has 0 bridgehead atoms. The molecule has 0 spiro atoms. The third kappa shape index (κ3) is 2.34. The van der Waals surface area contributed by atoms with E-state index in [-0.39, 0.29) is 23.9 Å². The molecule has 0 amide bonds. The van der Waals surface area contributed by atoms with E-state index in [1.165, 1.54) is 12.1 Å². The van der Waals surface area contributed by atoms with Crippen molar-refractivity contribution in [3.63, 3.8) is 0 Å². The highest BCUT2D eigenvalue weighted by molar-refractivity contribution is 5.32. The molecule has 0 heterocycles. The third-order valence-corrected chi connectivity index (χ3v) is 2.62. The Balaban J connectivity index is 3.30. The summed E-state index contributed by atoms with van der Waals surface area (Å²) in [4.78, 5) is 0. The molecule has 0 aliphatic rings. The molecule has 0 aliphatic heterocycles. The van der Waals surface area contributed by atoms with E-state index < -0.39 is 11.6 Å². The van der Waals surface area contributed by atoms with Gasteiger partial charge in [0.25, 0.3) is 0 Å². The average molecular weight is 213 g/mol. The minimum absolute atomic E-state index is 0.0503. The van der Waals surface area contributed by atoms with Crippen LogP contribution in [0.25, 0.3) is 0 Å². The molecule has 15 heavy (non-hydrogen) atoms. The second-order valence-corrected chi connectivity index (χ2v) is 4.16. The Labute approximate surface area is 89.3 Å². The van der Waals surface area contributed by atoms with E-state index in [1.54, 1.807) is 6.92 Å². The number of rotatable bonds is 3. The molecular weight excluding hydrogens is 196 g/mol. The molecule has 1 aromatic carbocycles. The molecule has 0 aromatic heterocycles.